The van der Waals surface area contributed by atoms with E-state index >= 15 is 0 Å². The van der Waals surface area contributed by atoms with Crippen LogP contribution in [0.15, 0.2) is 36.5 Å². The van der Waals surface area contributed by atoms with Gasteiger partial charge in [-0.05, 0) is 37.4 Å². The number of ether oxygens (including phenoxy) is 2. The van der Waals surface area contributed by atoms with Crippen LogP contribution < -0.4 is 19.7 Å². The number of amides is 1. The molecule has 1 saturated heterocycles. The first-order valence-corrected chi connectivity index (χ1v) is 8.79. The number of hydrogen-bond acceptors (Lipinski definition) is 6. The maximum absolute atomic E-state index is 12.5. The molecule has 0 saturated carbocycles. The zero-order chi connectivity index (χ0) is 17.9. The Labute approximate surface area is 152 Å². The number of nitrogens with one attached hydrogen (secondary N) is 1. The molecule has 136 valence electrons. The van der Waals surface area contributed by atoms with E-state index in [4.69, 9.17) is 9.47 Å². The van der Waals surface area contributed by atoms with Gasteiger partial charge in [0.25, 0.3) is 5.91 Å². The molecule has 7 heteroatoms. The smallest absolute Gasteiger partial charge is 0.255 e. The molecule has 0 bridgehead atoms. The first-order valence-electron chi connectivity index (χ1n) is 8.79. The molecule has 2 aromatic rings. The maximum atomic E-state index is 12.5. The average molecular weight is 354 g/mol. The van der Waals surface area contributed by atoms with Crippen LogP contribution in [0.25, 0.3) is 0 Å². The van der Waals surface area contributed by atoms with Crippen molar-refractivity contribution < 1.29 is 14.3 Å². The zero-order valence-corrected chi connectivity index (χ0v) is 14.8. The van der Waals surface area contributed by atoms with E-state index in [1.54, 1.807) is 24.4 Å². The molecular formula is C19H22N4O3. The van der Waals surface area contributed by atoms with E-state index in [0.29, 0.717) is 36.0 Å². The summed E-state index contributed by atoms with van der Waals surface area (Å²) in [5, 5.41) is 2.88. The van der Waals surface area contributed by atoms with Crippen molar-refractivity contribution >= 4 is 17.4 Å². The van der Waals surface area contributed by atoms with Crippen LogP contribution in [0.3, 0.4) is 0 Å². The summed E-state index contributed by atoms with van der Waals surface area (Å²) in [6, 6.07) is 9.03. The van der Waals surface area contributed by atoms with Crippen molar-refractivity contribution in [3.05, 3.63) is 42.1 Å². The molecule has 1 aromatic heterocycles. The molecule has 1 N–H and O–H groups in total. The highest BCUT2D eigenvalue weighted by molar-refractivity contribution is 6.04. The van der Waals surface area contributed by atoms with Gasteiger partial charge >= 0.3 is 0 Å². The molecule has 0 unspecified atom stereocenters. The summed E-state index contributed by atoms with van der Waals surface area (Å²) >= 11 is 0. The number of hydrogen-bond donors (Lipinski definition) is 1. The van der Waals surface area contributed by atoms with E-state index < -0.39 is 0 Å². The summed E-state index contributed by atoms with van der Waals surface area (Å²) in [4.78, 5) is 21.5. The van der Waals surface area contributed by atoms with Crippen molar-refractivity contribution in [3.63, 3.8) is 0 Å². The van der Waals surface area contributed by atoms with Crippen LogP contribution in [0.4, 0.5) is 11.5 Å². The Morgan fingerprint density at radius 2 is 1.81 bits per heavy atom. The highest BCUT2D eigenvalue weighted by Crippen LogP contribution is 2.31. The molecule has 0 radical (unpaired) electrons. The fraction of sp³-hybridized carbons (Fsp3) is 0.368. The Morgan fingerprint density at radius 1 is 1.04 bits per heavy atom. The minimum atomic E-state index is -0.198. The van der Waals surface area contributed by atoms with Gasteiger partial charge in [0.1, 0.15) is 19.0 Å². The summed E-state index contributed by atoms with van der Waals surface area (Å²) in [5.74, 6) is 2.02. The molecule has 1 aromatic carbocycles. The van der Waals surface area contributed by atoms with Crippen molar-refractivity contribution in [2.24, 2.45) is 0 Å². The van der Waals surface area contributed by atoms with E-state index in [1.807, 2.05) is 12.1 Å². The van der Waals surface area contributed by atoms with Crippen LogP contribution in [0.1, 0.15) is 10.4 Å². The molecular weight excluding hydrogens is 332 g/mol. The number of rotatable bonds is 3. The van der Waals surface area contributed by atoms with E-state index in [1.165, 1.54) is 0 Å². The fourth-order valence-corrected chi connectivity index (χ4v) is 3.07. The SMILES string of the molecule is CN1CCN(c2ccc(NC(=O)c3ccc4c(c3)OCCO4)cn2)CC1. The number of benzene rings is 1. The highest BCUT2D eigenvalue weighted by atomic mass is 16.6. The summed E-state index contributed by atoms with van der Waals surface area (Å²) in [7, 11) is 2.13. The van der Waals surface area contributed by atoms with Gasteiger partial charge in [-0.25, -0.2) is 4.98 Å². The lowest BCUT2D eigenvalue weighted by atomic mass is 10.1. The predicted molar refractivity (Wildman–Crippen MR) is 99.3 cm³/mol. The monoisotopic (exact) mass is 354 g/mol. The van der Waals surface area contributed by atoms with Gasteiger partial charge in [-0.2, -0.15) is 0 Å². The maximum Gasteiger partial charge on any atom is 0.255 e. The number of carbonyl (C=O) groups is 1. The Balaban J connectivity index is 1.41. The van der Waals surface area contributed by atoms with Crippen molar-refractivity contribution in [2.75, 3.05) is 56.7 Å². The minimum absolute atomic E-state index is 0.198. The third-order valence-electron chi connectivity index (χ3n) is 4.64. The average Bonchev–Trinajstić information content (AvgIpc) is 2.69. The lowest BCUT2D eigenvalue weighted by Crippen LogP contribution is -2.44. The normalized spacial score (nSPS) is 17.0. The molecule has 1 amide bonds. The van der Waals surface area contributed by atoms with Crippen LogP contribution in [0.2, 0.25) is 0 Å². The summed E-state index contributed by atoms with van der Waals surface area (Å²) in [6.07, 6.45) is 1.70. The minimum Gasteiger partial charge on any atom is -0.486 e. The fourth-order valence-electron chi connectivity index (χ4n) is 3.07. The van der Waals surface area contributed by atoms with Crippen molar-refractivity contribution in [1.29, 1.82) is 0 Å². The lowest BCUT2D eigenvalue weighted by Gasteiger charge is -2.33. The Kier molecular flexibility index (Phi) is 4.62. The standard InChI is InChI=1S/C19H22N4O3/c1-22-6-8-23(9-7-22)18-5-3-15(13-20-18)21-19(24)14-2-4-16-17(12-14)26-11-10-25-16/h2-5,12-13H,6-11H2,1H3,(H,21,24). The molecule has 2 aliphatic rings. The molecule has 0 aliphatic carbocycles. The van der Waals surface area contributed by atoms with Gasteiger partial charge in [0, 0.05) is 31.7 Å². The number of pyridine rings is 1. The number of carbonyl (C=O) groups excluding carboxylic acids is 1. The van der Waals surface area contributed by atoms with Crippen molar-refractivity contribution in [3.8, 4) is 11.5 Å². The van der Waals surface area contributed by atoms with Crippen LogP contribution in [-0.2, 0) is 0 Å². The van der Waals surface area contributed by atoms with Crippen molar-refractivity contribution in [2.45, 2.75) is 0 Å². The van der Waals surface area contributed by atoms with Gasteiger partial charge in [-0.1, -0.05) is 0 Å². The van der Waals surface area contributed by atoms with Crippen LogP contribution in [-0.4, -0.2) is 62.2 Å². The Hall–Kier alpha value is -2.80. The molecule has 26 heavy (non-hydrogen) atoms. The largest absolute Gasteiger partial charge is 0.486 e. The molecule has 1 fully saturated rings. The Morgan fingerprint density at radius 3 is 2.54 bits per heavy atom. The van der Waals surface area contributed by atoms with Gasteiger partial charge in [-0.15, -0.1) is 0 Å². The summed E-state index contributed by atoms with van der Waals surface area (Å²) < 4.78 is 11.0. The third-order valence-corrected chi connectivity index (χ3v) is 4.64. The molecule has 4 rings (SSSR count). The number of likely N-dealkylation sites (N-methyl/N-ethyl adjacent to an activating group) is 1. The van der Waals surface area contributed by atoms with E-state index in [2.05, 4.69) is 27.1 Å². The molecule has 0 spiro atoms. The molecule has 3 heterocycles. The van der Waals surface area contributed by atoms with E-state index in [-0.39, 0.29) is 5.91 Å². The van der Waals surface area contributed by atoms with Gasteiger partial charge in [0.15, 0.2) is 11.5 Å². The number of nitrogens with zero attached hydrogens (tertiary/aromatic N) is 3. The molecule has 2 aliphatic heterocycles. The van der Waals surface area contributed by atoms with Gasteiger partial charge in [0.2, 0.25) is 0 Å². The second-order valence-corrected chi connectivity index (χ2v) is 6.51. The number of fused-ring (bicyclic) bond motifs is 1. The summed E-state index contributed by atoms with van der Waals surface area (Å²) in [6.45, 7) is 5.02. The van der Waals surface area contributed by atoms with Gasteiger partial charge in [-0.3, -0.25) is 4.79 Å². The van der Waals surface area contributed by atoms with Gasteiger partial charge < -0.3 is 24.6 Å². The number of piperazine rings is 1. The predicted octanol–water partition coefficient (Wildman–Crippen LogP) is 1.86. The highest BCUT2D eigenvalue weighted by Gasteiger charge is 2.17. The van der Waals surface area contributed by atoms with Crippen molar-refractivity contribution in [1.82, 2.24) is 9.88 Å². The first kappa shape index (κ1) is 16.7. The van der Waals surface area contributed by atoms with E-state index in [0.717, 1.165) is 32.0 Å². The first-order chi connectivity index (χ1) is 12.7. The zero-order valence-electron chi connectivity index (χ0n) is 14.8. The second kappa shape index (κ2) is 7.21. The second-order valence-electron chi connectivity index (χ2n) is 6.51. The molecule has 0 atom stereocenters. The molecule has 7 nitrogen and oxygen atoms in total. The topological polar surface area (TPSA) is 66.9 Å². The van der Waals surface area contributed by atoms with E-state index in [9.17, 15) is 4.79 Å². The van der Waals surface area contributed by atoms with Crippen LogP contribution >= 0.6 is 0 Å². The quantitative estimate of drug-likeness (QED) is 0.908. The van der Waals surface area contributed by atoms with Crippen LogP contribution in [0, 0.1) is 0 Å². The van der Waals surface area contributed by atoms with Gasteiger partial charge in [0.05, 0.1) is 11.9 Å². The number of aromatic nitrogens is 1. The summed E-state index contributed by atoms with van der Waals surface area (Å²) in [5.41, 5.74) is 1.19. The number of anilines is 2. The Bertz CT molecular complexity index is 786. The van der Waals surface area contributed by atoms with Crippen LogP contribution in [0.5, 0.6) is 11.5 Å². The third kappa shape index (κ3) is 3.57. The lowest BCUT2D eigenvalue weighted by molar-refractivity contribution is 0.102.